The second kappa shape index (κ2) is 2.67. The van der Waals surface area contributed by atoms with E-state index in [1.54, 1.807) is 11.3 Å². The maximum absolute atomic E-state index is 2.23. The summed E-state index contributed by atoms with van der Waals surface area (Å²) < 4.78 is 0. The average molecular weight is 162 g/mol. The van der Waals surface area contributed by atoms with Crippen molar-refractivity contribution in [3.8, 4) is 11.1 Å². The first-order chi connectivity index (χ1) is 5.42. The summed E-state index contributed by atoms with van der Waals surface area (Å²) in [4.78, 5) is 0. The maximum Gasteiger partial charge on any atom is -0.00122 e. The molecule has 2 aliphatic rings. The molecule has 2 rings (SSSR count). The molecule has 0 unspecified atom stereocenters. The summed E-state index contributed by atoms with van der Waals surface area (Å²) in [5.74, 6) is 0. The molecule has 0 bridgehead atoms. The zero-order chi connectivity index (χ0) is 7.68. The molecular weight excluding hydrogens is 152 g/mol. The van der Waals surface area contributed by atoms with Crippen LogP contribution in [0.5, 0.6) is 0 Å². The van der Waals surface area contributed by atoms with Crippen molar-refractivity contribution in [2.75, 3.05) is 0 Å². The van der Waals surface area contributed by atoms with Gasteiger partial charge in [0.1, 0.15) is 0 Å². The Morgan fingerprint density at radius 1 is 1.27 bits per heavy atom. The number of fused-ring (bicyclic) bond motifs is 1. The lowest BCUT2D eigenvalue weighted by Gasteiger charge is -1.98. The number of aryl methyl sites for hydroxylation is 1. The van der Waals surface area contributed by atoms with Crippen molar-refractivity contribution < 1.29 is 0 Å². The van der Waals surface area contributed by atoms with E-state index in [4.69, 9.17) is 0 Å². The van der Waals surface area contributed by atoms with Gasteiger partial charge in [0, 0.05) is 0 Å². The van der Waals surface area contributed by atoms with E-state index in [0.29, 0.717) is 0 Å². The van der Waals surface area contributed by atoms with Gasteiger partial charge in [-0.3, -0.25) is 0 Å². The number of hydrogen-bond acceptors (Lipinski definition) is 1. The molecule has 1 heterocycles. The molecule has 0 amide bonds. The van der Waals surface area contributed by atoms with Gasteiger partial charge in [0.25, 0.3) is 0 Å². The number of hydrogen-bond donors (Lipinski definition) is 0. The summed E-state index contributed by atoms with van der Waals surface area (Å²) >= 11 is 1.77. The molecule has 1 aliphatic carbocycles. The zero-order valence-corrected chi connectivity index (χ0v) is 7.32. The van der Waals surface area contributed by atoms with E-state index in [1.165, 1.54) is 16.7 Å². The van der Waals surface area contributed by atoms with Crippen LogP contribution in [0, 0.1) is 0 Å². The molecule has 0 N–H and O–H groups in total. The third-order valence-corrected chi connectivity index (χ3v) is 2.68. The van der Waals surface area contributed by atoms with Gasteiger partial charge < -0.3 is 0 Å². The summed E-state index contributed by atoms with van der Waals surface area (Å²) in [7, 11) is 0. The maximum atomic E-state index is 2.23. The smallest absolute Gasteiger partial charge is 0.00122 e. The predicted octanol–water partition coefficient (Wildman–Crippen LogP) is 3.42. The van der Waals surface area contributed by atoms with Crippen LogP contribution in [0.15, 0.2) is 29.0 Å². The Labute approximate surface area is 70.8 Å². The second-order valence-electron chi connectivity index (χ2n) is 2.64. The van der Waals surface area contributed by atoms with Gasteiger partial charge in [0.15, 0.2) is 0 Å². The minimum atomic E-state index is 1.14. The normalized spacial score (nSPS) is 10.6. The number of rotatable bonds is 1. The van der Waals surface area contributed by atoms with Gasteiger partial charge in [0.2, 0.25) is 0 Å². The predicted molar refractivity (Wildman–Crippen MR) is 50.3 cm³/mol. The van der Waals surface area contributed by atoms with Crippen molar-refractivity contribution in [2.24, 2.45) is 0 Å². The Hall–Kier alpha value is -0.820. The van der Waals surface area contributed by atoms with Gasteiger partial charge in [-0.1, -0.05) is 19.1 Å². The molecule has 0 nitrogen and oxygen atoms in total. The average Bonchev–Trinajstić information content (AvgIpc) is 2.47. The zero-order valence-electron chi connectivity index (χ0n) is 6.50. The van der Waals surface area contributed by atoms with E-state index < -0.39 is 0 Å². The van der Waals surface area contributed by atoms with Crippen LogP contribution in [0.3, 0.4) is 0 Å². The van der Waals surface area contributed by atoms with Gasteiger partial charge in [-0.15, -0.1) is 0 Å². The fourth-order valence-corrected chi connectivity index (χ4v) is 2.10. The molecule has 0 aromatic heterocycles. The van der Waals surface area contributed by atoms with Gasteiger partial charge in [0.05, 0.1) is 0 Å². The van der Waals surface area contributed by atoms with Crippen LogP contribution in [-0.2, 0) is 6.42 Å². The van der Waals surface area contributed by atoms with E-state index >= 15 is 0 Å². The van der Waals surface area contributed by atoms with E-state index in [0.717, 1.165) is 6.42 Å². The molecule has 56 valence electrons. The SMILES string of the molecule is CCc1ccc2ccscc1-2. The van der Waals surface area contributed by atoms with E-state index in [-0.39, 0.29) is 0 Å². The van der Waals surface area contributed by atoms with Crippen molar-refractivity contribution in [1.82, 2.24) is 0 Å². The van der Waals surface area contributed by atoms with Gasteiger partial charge in [-0.25, -0.2) is 0 Å². The highest BCUT2D eigenvalue weighted by Gasteiger charge is 2.05. The van der Waals surface area contributed by atoms with Crippen LogP contribution in [0.1, 0.15) is 12.5 Å². The van der Waals surface area contributed by atoms with Gasteiger partial charge in [-0.2, -0.15) is 11.3 Å². The molecule has 0 fully saturated rings. The van der Waals surface area contributed by atoms with Crippen molar-refractivity contribution in [1.29, 1.82) is 0 Å². The summed E-state index contributed by atoms with van der Waals surface area (Å²) in [6, 6.07) is 6.59. The van der Waals surface area contributed by atoms with Crippen LogP contribution < -0.4 is 0 Å². The fraction of sp³-hybridized carbons (Fsp3) is 0.200. The lowest BCUT2D eigenvalue weighted by molar-refractivity contribution is 1.16. The lowest BCUT2D eigenvalue weighted by atomic mass is 10.1. The molecule has 0 aromatic rings. The molecule has 0 spiro atoms. The highest BCUT2D eigenvalue weighted by atomic mass is 32.1. The molecule has 11 heavy (non-hydrogen) atoms. The summed E-state index contributed by atoms with van der Waals surface area (Å²) in [5.41, 5.74) is 4.28. The van der Waals surface area contributed by atoms with Crippen molar-refractivity contribution in [2.45, 2.75) is 13.3 Å². The Kier molecular flexibility index (Phi) is 1.66. The monoisotopic (exact) mass is 162 g/mol. The summed E-state index contributed by atoms with van der Waals surface area (Å²) in [5, 5.41) is 4.36. The molecule has 0 atom stereocenters. The van der Waals surface area contributed by atoms with Gasteiger partial charge in [-0.05, 0) is 39.9 Å². The Morgan fingerprint density at radius 3 is 3.00 bits per heavy atom. The van der Waals surface area contributed by atoms with Crippen LogP contribution in [0.2, 0.25) is 0 Å². The first-order valence-electron chi connectivity index (χ1n) is 3.85. The second-order valence-corrected chi connectivity index (χ2v) is 3.42. The quantitative estimate of drug-likeness (QED) is 0.602. The summed E-state index contributed by atoms with van der Waals surface area (Å²) in [6.45, 7) is 2.20. The van der Waals surface area contributed by atoms with Crippen LogP contribution >= 0.6 is 11.3 Å². The Balaban J connectivity index is 2.64. The van der Waals surface area contributed by atoms with E-state index in [9.17, 15) is 0 Å². The topological polar surface area (TPSA) is 0 Å². The third-order valence-electron chi connectivity index (χ3n) is 2.01. The molecule has 1 aliphatic heterocycles. The van der Waals surface area contributed by atoms with Crippen molar-refractivity contribution in [3.63, 3.8) is 0 Å². The Morgan fingerprint density at radius 2 is 2.18 bits per heavy atom. The van der Waals surface area contributed by atoms with Crippen LogP contribution in [0.25, 0.3) is 11.1 Å². The standard InChI is InChI=1S/C10H10S/c1-2-8-3-4-9-5-6-11-7-10(8)9/h3-7H,2H2,1H3. The van der Waals surface area contributed by atoms with Crippen molar-refractivity contribution in [3.05, 3.63) is 34.5 Å². The molecule has 0 aromatic carbocycles. The molecular formula is C10H10S. The highest BCUT2D eigenvalue weighted by Crippen LogP contribution is 2.29. The lowest BCUT2D eigenvalue weighted by Crippen LogP contribution is -1.77. The Bertz CT molecular complexity index is 322. The molecule has 0 saturated heterocycles. The molecule has 1 heteroatoms. The molecule has 0 saturated carbocycles. The molecule has 0 radical (unpaired) electrons. The van der Waals surface area contributed by atoms with E-state index in [2.05, 4.69) is 35.9 Å². The third kappa shape index (κ3) is 1.05. The largest absolute Gasteiger partial charge is 0.152 e. The van der Waals surface area contributed by atoms with Gasteiger partial charge >= 0.3 is 0 Å². The first-order valence-corrected chi connectivity index (χ1v) is 4.80. The fourth-order valence-electron chi connectivity index (χ4n) is 1.37. The summed E-state index contributed by atoms with van der Waals surface area (Å²) in [6.07, 6.45) is 1.14. The minimum absolute atomic E-state index is 1.14. The highest BCUT2D eigenvalue weighted by molar-refractivity contribution is 7.07. The van der Waals surface area contributed by atoms with E-state index in [1.807, 2.05) is 0 Å². The van der Waals surface area contributed by atoms with Crippen LogP contribution in [0.4, 0.5) is 0 Å². The minimum Gasteiger partial charge on any atom is -0.152 e. The van der Waals surface area contributed by atoms with Crippen LogP contribution in [-0.4, -0.2) is 0 Å². The van der Waals surface area contributed by atoms with Crippen molar-refractivity contribution >= 4 is 11.3 Å². The first kappa shape index (κ1) is 6.86.